The van der Waals surface area contributed by atoms with Gasteiger partial charge in [0.1, 0.15) is 6.54 Å². The van der Waals surface area contributed by atoms with Crippen molar-refractivity contribution in [3.8, 4) is 0 Å². The largest absolute Gasteiger partial charge is 0.726 e. The molecule has 0 radical (unpaired) electrons. The van der Waals surface area contributed by atoms with E-state index in [1.807, 2.05) is 29.0 Å². The van der Waals surface area contributed by atoms with E-state index in [-0.39, 0.29) is 6.61 Å². The van der Waals surface area contributed by atoms with E-state index in [0.717, 1.165) is 31.4 Å². The van der Waals surface area contributed by atoms with E-state index in [1.54, 1.807) is 0 Å². The molecule has 0 bridgehead atoms. The summed E-state index contributed by atoms with van der Waals surface area (Å²) >= 11 is 0. The first kappa shape index (κ1) is 29.9. The Balaban J connectivity index is 1.87. The summed E-state index contributed by atoms with van der Waals surface area (Å²) in [6.07, 6.45) is 16.9. The SMILES string of the molecule is CCCCCCCCC(CCCCCC)COCC(C[N+]1=Cc2ccccc2CC1)OS(=O)(=O)[O-]. The molecule has 0 spiro atoms. The van der Waals surface area contributed by atoms with Crippen LogP contribution in [0.3, 0.4) is 0 Å². The van der Waals surface area contributed by atoms with Crippen molar-refractivity contribution in [2.45, 2.75) is 103 Å². The molecule has 0 aliphatic carbocycles. The molecule has 2 rings (SSSR count). The second kappa shape index (κ2) is 17.2. The van der Waals surface area contributed by atoms with E-state index in [4.69, 9.17) is 8.92 Å². The minimum absolute atomic E-state index is 0.107. The van der Waals surface area contributed by atoms with Gasteiger partial charge in [0, 0.05) is 18.6 Å². The van der Waals surface area contributed by atoms with Crippen molar-refractivity contribution >= 4 is 16.6 Å². The minimum Gasteiger partial charge on any atom is -0.726 e. The van der Waals surface area contributed by atoms with Crippen LogP contribution in [0.5, 0.6) is 0 Å². The Morgan fingerprint density at radius 3 is 2.23 bits per heavy atom. The zero-order chi connectivity index (χ0) is 25.4. The Bertz CT molecular complexity index is 840. The Hall–Kier alpha value is -1.28. The number of nitrogens with zero attached hydrogens (tertiary/aromatic N) is 1. The van der Waals surface area contributed by atoms with Gasteiger partial charge in [-0.1, -0.05) is 96.3 Å². The molecule has 1 aromatic rings. The van der Waals surface area contributed by atoms with Crippen molar-refractivity contribution in [1.29, 1.82) is 0 Å². The van der Waals surface area contributed by atoms with E-state index in [2.05, 4.69) is 19.9 Å². The summed E-state index contributed by atoms with van der Waals surface area (Å²) in [7, 11) is -4.80. The number of hydrogen-bond donors (Lipinski definition) is 0. The fourth-order valence-corrected chi connectivity index (χ4v) is 5.30. The summed E-state index contributed by atoms with van der Waals surface area (Å²) in [5.74, 6) is 0.468. The van der Waals surface area contributed by atoms with Crippen LogP contribution in [-0.4, -0.2) is 56.2 Å². The molecule has 35 heavy (non-hydrogen) atoms. The van der Waals surface area contributed by atoms with Gasteiger partial charge in [-0.25, -0.2) is 13.0 Å². The van der Waals surface area contributed by atoms with Crippen LogP contribution in [0.4, 0.5) is 0 Å². The monoisotopic (exact) mass is 509 g/mol. The molecule has 1 aliphatic heterocycles. The maximum Gasteiger partial charge on any atom is 0.218 e. The maximum absolute atomic E-state index is 11.4. The van der Waals surface area contributed by atoms with Gasteiger partial charge in [-0.3, -0.25) is 4.18 Å². The molecule has 2 atom stereocenters. The Kier molecular flexibility index (Phi) is 14.7. The first-order chi connectivity index (χ1) is 16.9. The number of fused-ring (bicyclic) bond motifs is 1. The molecule has 6 nitrogen and oxygen atoms in total. The molecule has 7 heteroatoms. The van der Waals surface area contributed by atoms with Crippen LogP contribution < -0.4 is 0 Å². The van der Waals surface area contributed by atoms with Crippen LogP contribution in [0, 0.1) is 5.92 Å². The number of rotatable bonds is 20. The zero-order valence-corrected chi connectivity index (χ0v) is 22.8. The van der Waals surface area contributed by atoms with Gasteiger partial charge >= 0.3 is 0 Å². The van der Waals surface area contributed by atoms with E-state index >= 15 is 0 Å². The van der Waals surface area contributed by atoms with Crippen LogP contribution in [0.15, 0.2) is 24.3 Å². The van der Waals surface area contributed by atoms with Gasteiger partial charge < -0.3 is 9.29 Å². The highest BCUT2D eigenvalue weighted by atomic mass is 32.3. The summed E-state index contributed by atoms with van der Waals surface area (Å²) in [5.41, 5.74) is 2.39. The number of ether oxygens (including phenoxy) is 1. The van der Waals surface area contributed by atoms with Crippen molar-refractivity contribution in [3.05, 3.63) is 35.4 Å². The quantitative estimate of drug-likeness (QED) is 0.0950. The molecule has 1 aromatic carbocycles. The highest BCUT2D eigenvalue weighted by molar-refractivity contribution is 7.80. The molecule has 1 aliphatic rings. The van der Waals surface area contributed by atoms with Gasteiger partial charge in [0.2, 0.25) is 10.4 Å². The summed E-state index contributed by atoms with van der Waals surface area (Å²) in [6, 6.07) is 8.16. The first-order valence-corrected chi connectivity index (χ1v) is 15.1. The third-order valence-electron chi connectivity index (χ3n) is 6.83. The molecular formula is C28H47NO5S. The van der Waals surface area contributed by atoms with Gasteiger partial charge in [0.05, 0.1) is 6.61 Å². The fourth-order valence-electron chi connectivity index (χ4n) is 4.85. The van der Waals surface area contributed by atoms with E-state index in [0.29, 0.717) is 19.1 Å². The molecule has 1 heterocycles. The molecule has 0 saturated carbocycles. The van der Waals surface area contributed by atoms with E-state index < -0.39 is 16.5 Å². The maximum atomic E-state index is 11.4. The van der Waals surface area contributed by atoms with Crippen molar-refractivity contribution in [2.24, 2.45) is 5.92 Å². The lowest BCUT2D eigenvalue weighted by molar-refractivity contribution is -0.532. The topological polar surface area (TPSA) is 78.7 Å². The highest BCUT2D eigenvalue weighted by Gasteiger charge is 2.23. The lowest BCUT2D eigenvalue weighted by Gasteiger charge is -2.22. The molecule has 0 saturated heterocycles. The first-order valence-electron chi connectivity index (χ1n) is 13.8. The smallest absolute Gasteiger partial charge is 0.218 e. The van der Waals surface area contributed by atoms with Crippen LogP contribution in [-0.2, 0) is 25.7 Å². The molecule has 0 aromatic heterocycles. The summed E-state index contributed by atoms with van der Waals surface area (Å²) in [4.78, 5) is 0. The summed E-state index contributed by atoms with van der Waals surface area (Å²) < 4.78 is 47.0. The predicted molar refractivity (Wildman–Crippen MR) is 141 cm³/mol. The zero-order valence-electron chi connectivity index (χ0n) is 22.0. The van der Waals surface area contributed by atoms with E-state index in [9.17, 15) is 13.0 Å². The highest BCUT2D eigenvalue weighted by Crippen LogP contribution is 2.20. The standard InChI is InChI=1S/C28H47NO5S/c1-3-5-7-9-10-12-16-25(15-11-8-6-4-2)23-33-24-28(34-35(30,31)32)22-29-20-19-26-17-13-14-18-27(26)21-29/h13-14,17-18,21,25,28H,3-12,15-16,19-20,22-24H2,1-2H3. The van der Waals surface area contributed by atoms with Gasteiger partial charge in [0.25, 0.3) is 0 Å². The number of benzene rings is 1. The Labute approximate surface area is 214 Å². The van der Waals surface area contributed by atoms with Crippen LogP contribution in [0.2, 0.25) is 0 Å². The lowest BCUT2D eigenvalue weighted by Crippen LogP contribution is -2.36. The Morgan fingerprint density at radius 1 is 0.914 bits per heavy atom. The normalized spacial score (nSPS) is 15.5. The van der Waals surface area contributed by atoms with Crippen molar-refractivity contribution in [2.75, 3.05) is 26.3 Å². The second-order valence-electron chi connectivity index (χ2n) is 10.0. The van der Waals surface area contributed by atoms with Crippen LogP contribution >= 0.6 is 0 Å². The number of hydrogen-bond acceptors (Lipinski definition) is 5. The Morgan fingerprint density at radius 2 is 1.54 bits per heavy atom. The van der Waals surface area contributed by atoms with Gasteiger partial charge in [-0.05, 0) is 30.4 Å². The average molecular weight is 510 g/mol. The van der Waals surface area contributed by atoms with Gasteiger partial charge in [0.15, 0.2) is 18.9 Å². The third-order valence-corrected chi connectivity index (χ3v) is 7.33. The van der Waals surface area contributed by atoms with Gasteiger partial charge in [-0.2, -0.15) is 0 Å². The summed E-state index contributed by atoms with van der Waals surface area (Å²) in [5, 5.41) is 0. The molecule has 200 valence electrons. The molecule has 0 fully saturated rings. The van der Waals surface area contributed by atoms with Crippen LogP contribution in [0.1, 0.15) is 102 Å². The molecular weight excluding hydrogens is 462 g/mol. The van der Waals surface area contributed by atoms with E-state index in [1.165, 1.54) is 69.8 Å². The van der Waals surface area contributed by atoms with Crippen molar-refractivity contribution in [3.63, 3.8) is 0 Å². The third kappa shape index (κ3) is 13.6. The minimum atomic E-state index is -4.80. The average Bonchev–Trinajstić information content (AvgIpc) is 2.82. The van der Waals surface area contributed by atoms with Crippen molar-refractivity contribution in [1.82, 2.24) is 0 Å². The number of unbranched alkanes of at least 4 members (excludes halogenated alkanes) is 8. The lowest BCUT2D eigenvalue weighted by atomic mass is 9.95. The molecule has 0 N–H and O–H groups in total. The second-order valence-corrected chi connectivity index (χ2v) is 11.0. The van der Waals surface area contributed by atoms with Crippen LogP contribution in [0.25, 0.3) is 0 Å². The molecule has 0 amide bonds. The van der Waals surface area contributed by atoms with Crippen molar-refractivity contribution < 1.29 is 26.5 Å². The fraction of sp³-hybridized carbons (Fsp3) is 0.750. The summed E-state index contributed by atoms with van der Waals surface area (Å²) in [6.45, 7) is 6.23. The predicted octanol–water partition coefficient (Wildman–Crippen LogP) is 5.87. The van der Waals surface area contributed by atoms with Gasteiger partial charge in [-0.15, -0.1) is 0 Å². The molecule has 2 unspecified atom stereocenters.